The van der Waals surface area contributed by atoms with Crippen LogP contribution in [0.15, 0.2) is 6.20 Å². The molecule has 1 saturated carbocycles. The zero-order chi connectivity index (χ0) is 9.38. The van der Waals surface area contributed by atoms with Gasteiger partial charge in [0, 0.05) is 18.7 Å². The molecule has 2 fully saturated rings. The van der Waals surface area contributed by atoms with Crippen LogP contribution in [0.1, 0.15) is 36.3 Å². The van der Waals surface area contributed by atoms with Gasteiger partial charge in [0.1, 0.15) is 5.82 Å². The summed E-state index contributed by atoms with van der Waals surface area (Å²) in [5, 5.41) is 3.41. The van der Waals surface area contributed by atoms with Crippen LogP contribution >= 0.6 is 0 Å². The first-order chi connectivity index (χ1) is 6.93. The smallest absolute Gasteiger partial charge is 0.109 e. The topological polar surface area (TPSA) is 49.9 Å². The summed E-state index contributed by atoms with van der Waals surface area (Å²) in [4.78, 5) is 7.79. The van der Waals surface area contributed by atoms with Crippen LogP contribution < -0.4 is 5.32 Å². The van der Waals surface area contributed by atoms with Crippen molar-refractivity contribution in [2.75, 3.05) is 19.8 Å². The predicted molar refractivity (Wildman–Crippen MR) is 52.1 cm³/mol. The molecule has 0 bridgehead atoms. The second-order valence-electron chi connectivity index (χ2n) is 4.08. The third-order valence-corrected chi connectivity index (χ3v) is 2.88. The SMILES string of the molecule is c1nc(C2CC2)[nH]c1C1COCCN1. The molecular formula is C10H15N3O. The monoisotopic (exact) mass is 193 g/mol. The van der Waals surface area contributed by atoms with Crippen LogP contribution in [-0.2, 0) is 4.74 Å². The second-order valence-corrected chi connectivity index (χ2v) is 4.08. The van der Waals surface area contributed by atoms with Crippen LogP contribution in [0.2, 0.25) is 0 Å². The Hall–Kier alpha value is -0.870. The Morgan fingerprint density at radius 1 is 1.43 bits per heavy atom. The third kappa shape index (κ3) is 1.55. The highest BCUT2D eigenvalue weighted by Crippen LogP contribution is 2.38. The molecule has 1 unspecified atom stereocenters. The van der Waals surface area contributed by atoms with E-state index in [4.69, 9.17) is 4.74 Å². The molecule has 4 heteroatoms. The molecule has 2 aliphatic rings. The molecule has 76 valence electrons. The van der Waals surface area contributed by atoms with Gasteiger partial charge in [0.2, 0.25) is 0 Å². The van der Waals surface area contributed by atoms with E-state index >= 15 is 0 Å². The molecule has 1 aromatic rings. The van der Waals surface area contributed by atoms with Crippen molar-refractivity contribution in [1.82, 2.24) is 15.3 Å². The first-order valence-corrected chi connectivity index (χ1v) is 5.29. The van der Waals surface area contributed by atoms with Crippen molar-refractivity contribution in [1.29, 1.82) is 0 Å². The highest BCUT2D eigenvalue weighted by Gasteiger charge is 2.27. The number of aromatic nitrogens is 2. The maximum atomic E-state index is 5.41. The lowest BCUT2D eigenvalue weighted by Gasteiger charge is -2.22. The lowest BCUT2D eigenvalue weighted by atomic mass is 10.2. The van der Waals surface area contributed by atoms with E-state index in [1.807, 2.05) is 6.20 Å². The van der Waals surface area contributed by atoms with Gasteiger partial charge in [-0.3, -0.25) is 0 Å². The van der Waals surface area contributed by atoms with Crippen LogP contribution in [0.5, 0.6) is 0 Å². The quantitative estimate of drug-likeness (QED) is 0.735. The van der Waals surface area contributed by atoms with Gasteiger partial charge in [-0.2, -0.15) is 0 Å². The summed E-state index contributed by atoms with van der Waals surface area (Å²) in [6.45, 7) is 2.51. The van der Waals surface area contributed by atoms with Gasteiger partial charge in [-0.05, 0) is 12.8 Å². The summed E-state index contributed by atoms with van der Waals surface area (Å²) in [6.07, 6.45) is 4.53. The summed E-state index contributed by atoms with van der Waals surface area (Å²) in [7, 11) is 0. The van der Waals surface area contributed by atoms with Crippen LogP contribution in [0, 0.1) is 0 Å². The molecule has 3 rings (SSSR count). The van der Waals surface area contributed by atoms with Gasteiger partial charge in [-0.25, -0.2) is 4.98 Å². The lowest BCUT2D eigenvalue weighted by Crippen LogP contribution is -2.34. The molecule has 0 amide bonds. The summed E-state index contributed by atoms with van der Waals surface area (Å²) in [5.74, 6) is 1.86. The summed E-state index contributed by atoms with van der Waals surface area (Å²) in [5.41, 5.74) is 1.17. The highest BCUT2D eigenvalue weighted by molar-refractivity contribution is 5.13. The van der Waals surface area contributed by atoms with Gasteiger partial charge in [-0.1, -0.05) is 0 Å². The minimum atomic E-state index is 0.309. The van der Waals surface area contributed by atoms with Crippen molar-refractivity contribution in [3.8, 4) is 0 Å². The second kappa shape index (κ2) is 3.37. The van der Waals surface area contributed by atoms with Crippen LogP contribution in [-0.4, -0.2) is 29.7 Å². The number of morpholine rings is 1. The number of nitrogens with zero attached hydrogens (tertiary/aromatic N) is 1. The number of aromatic amines is 1. The minimum Gasteiger partial charge on any atom is -0.378 e. The zero-order valence-corrected chi connectivity index (χ0v) is 8.12. The molecule has 1 aliphatic heterocycles. The standard InChI is InChI=1S/C10H15N3O/c1-2-7(1)10-12-5-8(13-10)9-6-14-4-3-11-9/h5,7,9,11H,1-4,6H2,(H,12,13). The third-order valence-electron chi connectivity index (χ3n) is 2.88. The first kappa shape index (κ1) is 8.44. The number of imidazole rings is 1. The Morgan fingerprint density at radius 2 is 2.36 bits per heavy atom. The Labute approximate surface area is 83.1 Å². The van der Waals surface area contributed by atoms with Crippen molar-refractivity contribution in [2.24, 2.45) is 0 Å². The normalized spacial score (nSPS) is 27.9. The van der Waals surface area contributed by atoms with E-state index in [1.165, 1.54) is 18.5 Å². The summed E-state index contributed by atoms with van der Waals surface area (Å²) >= 11 is 0. The maximum absolute atomic E-state index is 5.41. The van der Waals surface area contributed by atoms with Crippen molar-refractivity contribution >= 4 is 0 Å². The molecular weight excluding hydrogens is 178 g/mol. The molecule has 1 saturated heterocycles. The van der Waals surface area contributed by atoms with Crippen molar-refractivity contribution in [3.63, 3.8) is 0 Å². The van der Waals surface area contributed by atoms with Crippen LogP contribution in [0.4, 0.5) is 0 Å². The van der Waals surface area contributed by atoms with Gasteiger partial charge >= 0.3 is 0 Å². The largest absolute Gasteiger partial charge is 0.378 e. The van der Waals surface area contributed by atoms with Gasteiger partial charge in [0.15, 0.2) is 0 Å². The Morgan fingerprint density at radius 3 is 3.07 bits per heavy atom. The fourth-order valence-electron chi connectivity index (χ4n) is 1.86. The molecule has 14 heavy (non-hydrogen) atoms. The summed E-state index contributed by atoms with van der Waals surface area (Å²) in [6, 6.07) is 0.309. The van der Waals surface area contributed by atoms with Gasteiger partial charge < -0.3 is 15.0 Å². The molecule has 0 spiro atoms. The lowest BCUT2D eigenvalue weighted by molar-refractivity contribution is 0.0757. The maximum Gasteiger partial charge on any atom is 0.109 e. The molecule has 1 aromatic heterocycles. The number of nitrogens with one attached hydrogen (secondary N) is 2. The van der Waals surface area contributed by atoms with E-state index in [9.17, 15) is 0 Å². The average Bonchev–Trinajstić information content (AvgIpc) is 2.98. The van der Waals surface area contributed by atoms with Crippen LogP contribution in [0.25, 0.3) is 0 Å². The Bertz CT molecular complexity index is 313. The van der Waals surface area contributed by atoms with Crippen molar-refractivity contribution in [3.05, 3.63) is 17.7 Å². The molecule has 0 aromatic carbocycles. The molecule has 0 radical (unpaired) electrons. The zero-order valence-electron chi connectivity index (χ0n) is 8.12. The van der Waals surface area contributed by atoms with E-state index < -0.39 is 0 Å². The van der Waals surface area contributed by atoms with E-state index in [2.05, 4.69) is 15.3 Å². The molecule has 4 nitrogen and oxygen atoms in total. The fourth-order valence-corrected chi connectivity index (χ4v) is 1.86. The van der Waals surface area contributed by atoms with E-state index in [0.29, 0.717) is 12.0 Å². The molecule has 2 heterocycles. The summed E-state index contributed by atoms with van der Waals surface area (Å²) < 4.78 is 5.41. The number of ether oxygens (including phenoxy) is 1. The van der Waals surface area contributed by atoms with Crippen molar-refractivity contribution in [2.45, 2.75) is 24.8 Å². The predicted octanol–water partition coefficient (Wildman–Crippen LogP) is 0.948. The average molecular weight is 193 g/mol. The number of H-pyrrole nitrogens is 1. The molecule has 1 atom stereocenters. The fraction of sp³-hybridized carbons (Fsp3) is 0.700. The van der Waals surface area contributed by atoms with Gasteiger partial charge in [-0.15, -0.1) is 0 Å². The number of rotatable bonds is 2. The van der Waals surface area contributed by atoms with Crippen LogP contribution in [0.3, 0.4) is 0 Å². The Balaban J connectivity index is 1.74. The van der Waals surface area contributed by atoms with E-state index in [0.717, 1.165) is 25.6 Å². The van der Waals surface area contributed by atoms with E-state index in [1.54, 1.807) is 0 Å². The molecule has 1 aliphatic carbocycles. The molecule has 2 N–H and O–H groups in total. The van der Waals surface area contributed by atoms with Gasteiger partial charge in [0.25, 0.3) is 0 Å². The number of hydrogen-bond donors (Lipinski definition) is 2. The first-order valence-electron chi connectivity index (χ1n) is 5.29. The minimum absolute atomic E-state index is 0.309. The highest BCUT2D eigenvalue weighted by atomic mass is 16.5. The van der Waals surface area contributed by atoms with Gasteiger partial charge in [0.05, 0.1) is 24.9 Å². The Kier molecular flexibility index (Phi) is 2.03. The van der Waals surface area contributed by atoms with E-state index in [-0.39, 0.29) is 0 Å². The number of hydrogen-bond acceptors (Lipinski definition) is 3. The van der Waals surface area contributed by atoms with Crippen molar-refractivity contribution < 1.29 is 4.74 Å².